The minimum Gasteiger partial charge on any atom is -0.393 e. The summed E-state index contributed by atoms with van der Waals surface area (Å²) in [5, 5.41) is 23.5. The van der Waals surface area contributed by atoms with Gasteiger partial charge in [-0.15, -0.1) is 10.2 Å². The van der Waals surface area contributed by atoms with E-state index < -0.39 is 0 Å². The average molecular weight is 362 g/mol. The number of hydrogen-bond donors (Lipinski definition) is 2. The van der Waals surface area contributed by atoms with Gasteiger partial charge < -0.3 is 15.3 Å². The molecule has 2 fully saturated rings. The molecule has 1 saturated heterocycles. The van der Waals surface area contributed by atoms with Gasteiger partial charge in [0.1, 0.15) is 10.8 Å². The van der Waals surface area contributed by atoms with Gasteiger partial charge >= 0.3 is 0 Å². The maximum absolute atomic E-state index is 13.9. The Morgan fingerprint density at radius 3 is 2.72 bits per heavy atom. The van der Waals surface area contributed by atoms with Crippen LogP contribution in [0.25, 0.3) is 0 Å². The smallest absolute Gasteiger partial charge is 0.206 e. The number of nitrogens with one attached hydrogen (secondary N) is 1. The first kappa shape index (κ1) is 16.7. The highest BCUT2D eigenvalue weighted by Gasteiger charge is 2.28. The maximum Gasteiger partial charge on any atom is 0.206 e. The fourth-order valence-electron chi connectivity index (χ4n) is 3.32. The molecule has 1 aromatic carbocycles. The molecule has 0 radical (unpaired) electrons. The average Bonchev–Trinajstić information content (AvgIpc) is 3.35. The summed E-state index contributed by atoms with van der Waals surface area (Å²) in [4.78, 5) is 2.23. The van der Waals surface area contributed by atoms with Crippen LogP contribution in [-0.2, 0) is 0 Å². The molecule has 1 aromatic heterocycles. The maximum atomic E-state index is 13.9. The van der Waals surface area contributed by atoms with E-state index in [1.54, 1.807) is 17.4 Å². The third kappa shape index (κ3) is 3.77. The Balaban J connectivity index is 1.53. The van der Waals surface area contributed by atoms with Crippen molar-refractivity contribution in [3.63, 3.8) is 0 Å². The Hall–Kier alpha value is -1.73. The van der Waals surface area contributed by atoms with Crippen LogP contribution in [0.2, 0.25) is 0 Å². The standard InChI is InChI=1S/C18H23FN4OS/c1-11(20-18-22-21-17(25-18)12-2-3-12)15-10-13(19)4-5-16(15)23-8-6-14(24)7-9-23/h4-5,10-12,14,24H,2-3,6-9H2,1H3,(H,20,22). The van der Waals surface area contributed by atoms with Crippen LogP contribution >= 0.6 is 11.3 Å². The SMILES string of the molecule is CC(Nc1nnc(C2CC2)s1)c1cc(F)ccc1N1CCC(O)CC1. The van der Waals surface area contributed by atoms with Gasteiger partial charge in [-0.2, -0.15) is 0 Å². The number of anilines is 2. The van der Waals surface area contributed by atoms with Crippen molar-refractivity contribution in [1.82, 2.24) is 10.2 Å². The van der Waals surface area contributed by atoms with Gasteiger partial charge in [-0.05, 0) is 50.8 Å². The van der Waals surface area contributed by atoms with Crippen molar-refractivity contribution >= 4 is 22.2 Å². The molecule has 2 heterocycles. The van der Waals surface area contributed by atoms with Gasteiger partial charge in [0.2, 0.25) is 5.13 Å². The van der Waals surface area contributed by atoms with Gasteiger partial charge in [-0.25, -0.2) is 4.39 Å². The van der Waals surface area contributed by atoms with Crippen LogP contribution in [-0.4, -0.2) is 34.5 Å². The van der Waals surface area contributed by atoms with Crippen LogP contribution in [0.15, 0.2) is 18.2 Å². The van der Waals surface area contributed by atoms with Crippen molar-refractivity contribution < 1.29 is 9.50 Å². The van der Waals surface area contributed by atoms with E-state index in [0.29, 0.717) is 5.92 Å². The van der Waals surface area contributed by atoms with Crippen LogP contribution in [0.4, 0.5) is 15.2 Å². The number of piperidine rings is 1. The molecule has 25 heavy (non-hydrogen) atoms. The Bertz CT molecular complexity index is 740. The van der Waals surface area contributed by atoms with E-state index in [-0.39, 0.29) is 18.0 Å². The predicted octanol–water partition coefficient (Wildman–Crippen LogP) is 3.69. The van der Waals surface area contributed by atoms with Gasteiger partial charge in [-0.3, -0.25) is 0 Å². The summed E-state index contributed by atoms with van der Waals surface area (Å²) in [7, 11) is 0. The zero-order valence-electron chi connectivity index (χ0n) is 14.3. The molecule has 4 rings (SSSR count). The first-order chi connectivity index (χ1) is 12.1. The normalized spacial score (nSPS) is 19.9. The second-order valence-electron chi connectivity index (χ2n) is 7.01. The lowest BCUT2D eigenvalue weighted by atomic mass is 10.0. The van der Waals surface area contributed by atoms with Crippen LogP contribution in [0.3, 0.4) is 0 Å². The van der Waals surface area contributed by atoms with Crippen LogP contribution < -0.4 is 10.2 Å². The molecule has 1 unspecified atom stereocenters. The molecule has 2 N–H and O–H groups in total. The summed E-state index contributed by atoms with van der Waals surface area (Å²) < 4.78 is 13.9. The van der Waals surface area contributed by atoms with Crippen molar-refractivity contribution in [2.24, 2.45) is 0 Å². The molecule has 2 aliphatic rings. The van der Waals surface area contributed by atoms with Crippen molar-refractivity contribution in [2.75, 3.05) is 23.3 Å². The van der Waals surface area contributed by atoms with Crippen LogP contribution in [0.5, 0.6) is 0 Å². The fourth-order valence-corrected chi connectivity index (χ4v) is 4.32. The number of nitrogens with zero attached hydrogens (tertiary/aromatic N) is 3. The summed E-state index contributed by atoms with van der Waals surface area (Å²) in [5.41, 5.74) is 1.94. The lowest BCUT2D eigenvalue weighted by molar-refractivity contribution is 0.145. The van der Waals surface area contributed by atoms with Gasteiger partial charge in [0.05, 0.1) is 12.1 Å². The highest BCUT2D eigenvalue weighted by atomic mass is 32.1. The third-order valence-corrected chi connectivity index (χ3v) is 5.99. The molecular weight excluding hydrogens is 339 g/mol. The van der Waals surface area contributed by atoms with E-state index in [4.69, 9.17) is 0 Å². The first-order valence-electron chi connectivity index (χ1n) is 8.92. The topological polar surface area (TPSA) is 61.3 Å². The molecule has 134 valence electrons. The Morgan fingerprint density at radius 1 is 1.24 bits per heavy atom. The second kappa shape index (κ2) is 6.88. The quantitative estimate of drug-likeness (QED) is 0.849. The highest BCUT2D eigenvalue weighted by molar-refractivity contribution is 7.15. The van der Waals surface area contributed by atoms with Crippen molar-refractivity contribution in [3.05, 3.63) is 34.6 Å². The number of aliphatic hydroxyl groups is 1. The molecule has 7 heteroatoms. The Labute approximate surface area is 150 Å². The minimum atomic E-state index is -0.236. The van der Waals surface area contributed by atoms with Crippen molar-refractivity contribution in [2.45, 2.75) is 50.7 Å². The molecular formula is C18H23FN4OS. The molecule has 1 aliphatic heterocycles. The number of halogens is 1. The number of benzene rings is 1. The molecule has 2 aromatic rings. The van der Waals surface area contributed by atoms with E-state index in [1.165, 1.54) is 18.9 Å². The first-order valence-corrected chi connectivity index (χ1v) is 9.74. The molecule has 0 amide bonds. The Kier molecular flexibility index (Phi) is 4.60. The summed E-state index contributed by atoms with van der Waals surface area (Å²) in [6, 6.07) is 4.88. The largest absolute Gasteiger partial charge is 0.393 e. The van der Waals surface area contributed by atoms with Gasteiger partial charge in [0, 0.05) is 30.3 Å². The van der Waals surface area contributed by atoms with Crippen molar-refractivity contribution in [3.8, 4) is 0 Å². The van der Waals surface area contributed by atoms with E-state index in [1.807, 2.05) is 13.0 Å². The number of rotatable bonds is 5. The number of hydrogen-bond acceptors (Lipinski definition) is 6. The summed E-state index contributed by atoms with van der Waals surface area (Å²) in [6.07, 6.45) is 3.69. The van der Waals surface area contributed by atoms with Crippen LogP contribution in [0.1, 0.15) is 55.1 Å². The summed E-state index contributed by atoms with van der Waals surface area (Å²) in [5.74, 6) is 0.355. The van der Waals surface area contributed by atoms with Gasteiger partial charge in [-0.1, -0.05) is 11.3 Å². The molecule has 1 atom stereocenters. The van der Waals surface area contributed by atoms with E-state index in [9.17, 15) is 9.50 Å². The summed E-state index contributed by atoms with van der Waals surface area (Å²) in [6.45, 7) is 3.60. The number of aromatic nitrogens is 2. The monoisotopic (exact) mass is 362 g/mol. The minimum absolute atomic E-state index is 0.0717. The fraction of sp³-hybridized carbons (Fsp3) is 0.556. The molecule has 0 spiro atoms. The van der Waals surface area contributed by atoms with E-state index in [2.05, 4.69) is 20.4 Å². The van der Waals surface area contributed by atoms with Crippen molar-refractivity contribution in [1.29, 1.82) is 0 Å². The van der Waals surface area contributed by atoms with Gasteiger partial charge in [0.25, 0.3) is 0 Å². The van der Waals surface area contributed by atoms with E-state index in [0.717, 1.165) is 47.3 Å². The second-order valence-corrected chi connectivity index (χ2v) is 8.02. The summed E-state index contributed by atoms with van der Waals surface area (Å²) >= 11 is 1.60. The van der Waals surface area contributed by atoms with E-state index >= 15 is 0 Å². The molecule has 5 nitrogen and oxygen atoms in total. The Morgan fingerprint density at radius 2 is 2.00 bits per heavy atom. The van der Waals surface area contributed by atoms with Crippen LogP contribution in [0, 0.1) is 5.82 Å². The molecule has 0 bridgehead atoms. The molecule has 1 saturated carbocycles. The lowest BCUT2D eigenvalue weighted by Gasteiger charge is -2.34. The third-order valence-electron chi connectivity index (χ3n) is 4.97. The zero-order chi connectivity index (χ0) is 17.4. The zero-order valence-corrected chi connectivity index (χ0v) is 15.1. The highest BCUT2D eigenvalue weighted by Crippen LogP contribution is 2.42. The molecule has 1 aliphatic carbocycles. The van der Waals surface area contributed by atoms with Gasteiger partial charge in [0.15, 0.2) is 0 Å². The predicted molar refractivity (Wildman–Crippen MR) is 97.8 cm³/mol. The number of aliphatic hydroxyl groups excluding tert-OH is 1. The lowest BCUT2D eigenvalue weighted by Crippen LogP contribution is -2.36.